The Labute approximate surface area is 117 Å². The SMILES string of the molecule is CC(=O)OCC(F)F.CC(=O)[O-].[K+]. The molecule has 0 aromatic heterocycles. The summed E-state index contributed by atoms with van der Waals surface area (Å²) < 4.78 is 26.2. The van der Waals surface area contributed by atoms with Crippen LogP contribution in [-0.2, 0) is 14.3 Å². The van der Waals surface area contributed by atoms with Gasteiger partial charge in [-0.1, -0.05) is 0 Å². The zero-order valence-electron chi connectivity index (χ0n) is 7.67. The average Bonchev–Trinajstić information content (AvgIpc) is 1.82. The molecule has 0 heterocycles. The molecule has 0 aliphatic heterocycles. The van der Waals surface area contributed by atoms with E-state index in [4.69, 9.17) is 9.90 Å². The van der Waals surface area contributed by atoms with E-state index in [1.54, 1.807) is 0 Å². The van der Waals surface area contributed by atoms with E-state index in [-0.39, 0.29) is 51.4 Å². The summed E-state index contributed by atoms with van der Waals surface area (Å²) in [5.41, 5.74) is 0. The van der Waals surface area contributed by atoms with Crippen molar-refractivity contribution in [1.82, 2.24) is 0 Å². The molecule has 0 aliphatic carbocycles. The van der Waals surface area contributed by atoms with E-state index < -0.39 is 25.0 Å². The second-order valence-electron chi connectivity index (χ2n) is 1.69. The first-order valence-corrected chi connectivity index (χ1v) is 2.95. The first-order chi connectivity index (χ1) is 5.36. The summed E-state index contributed by atoms with van der Waals surface area (Å²) in [7, 11) is 0. The Morgan fingerprint density at radius 2 is 1.69 bits per heavy atom. The Morgan fingerprint density at radius 1 is 1.38 bits per heavy atom. The number of rotatable bonds is 2. The van der Waals surface area contributed by atoms with Crippen LogP contribution < -0.4 is 56.5 Å². The van der Waals surface area contributed by atoms with Crippen LogP contribution in [0, 0.1) is 0 Å². The Bertz CT molecular complexity index is 148. The number of carbonyl (C=O) groups is 2. The van der Waals surface area contributed by atoms with Crippen LogP contribution in [0.1, 0.15) is 13.8 Å². The Balaban J connectivity index is -0.000000173. The van der Waals surface area contributed by atoms with Crippen molar-refractivity contribution in [3.05, 3.63) is 0 Å². The first-order valence-electron chi connectivity index (χ1n) is 2.95. The summed E-state index contributed by atoms with van der Waals surface area (Å²) in [5.74, 6) is -1.76. The second-order valence-corrected chi connectivity index (χ2v) is 1.69. The van der Waals surface area contributed by atoms with Gasteiger partial charge in [-0.3, -0.25) is 4.79 Å². The fourth-order valence-corrected chi connectivity index (χ4v) is 0.180. The monoisotopic (exact) mass is 222 g/mol. The molecule has 0 saturated carbocycles. The van der Waals surface area contributed by atoms with E-state index in [1.807, 2.05) is 0 Å². The topological polar surface area (TPSA) is 66.4 Å². The van der Waals surface area contributed by atoms with Crippen LogP contribution in [0.2, 0.25) is 0 Å². The van der Waals surface area contributed by atoms with Gasteiger partial charge in [0.05, 0.1) is 0 Å². The van der Waals surface area contributed by atoms with Crippen molar-refractivity contribution in [2.45, 2.75) is 20.3 Å². The van der Waals surface area contributed by atoms with Crippen molar-refractivity contribution < 1.29 is 79.6 Å². The normalized spacial score (nSPS) is 7.77. The minimum atomic E-state index is -2.56. The zero-order valence-corrected chi connectivity index (χ0v) is 10.8. The summed E-state index contributed by atoms with van der Waals surface area (Å²) in [6.45, 7) is 1.26. The Morgan fingerprint density at radius 3 is 1.77 bits per heavy atom. The molecule has 0 aromatic rings. The maximum atomic E-state index is 11.1. The fourth-order valence-electron chi connectivity index (χ4n) is 0.180. The molecule has 72 valence electrons. The van der Waals surface area contributed by atoms with Gasteiger partial charge in [0.2, 0.25) is 0 Å². The van der Waals surface area contributed by atoms with E-state index >= 15 is 0 Å². The number of hydrogen-bond donors (Lipinski definition) is 0. The molecule has 0 unspecified atom stereocenters. The molecule has 13 heavy (non-hydrogen) atoms. The molecule has 0 aromatic carbocycles. The average molecular weight is 222 g/mol. The van der Waals surface area contributed by atoms with Crippen LogP contribution in [0.25, 0.3) is 0 Å². The smallest absolute Gasteiger partial charge is 0.550 e. The predicted octanol–water partition coefficient (Wildman–Crippen LogP) is -3.43. The molecule has 0 fully saturated rings. The summed E-state index contributed by atoms with van der Waals surface area (Å²) in [5, 5.41) is 8.89. The van der Waals surface area contributed by atoms with E-state index in [9.17, 15) is 13.6 Å². The van der Waals surface area contributed by atoms with E-state index in [0.29, 0.717) is 0 Å². The van der Waals surface area contributed by atoms with Gasteiger partial charge in [-0.15, -0.1) is 0 Å². The quantitative estimate of drug-likeness (QED) is 0.360. The molecule has 0 radical (unpaired) electrons. The van der Waals surface area contributed by atoms with Crippen LogP contribution in [0.15, 0.2) is 0 Å². The first kappa shape index (κ1) is 19.1. The van der Waals surface area contributed by atoms with Crippen molar-refractivity contribution >= 4 is 11.9 Å². The van der Waals surface area contributed by atoms with Gasteiger partial charge in [-0.05, 0) is 6.92 Å². The van der Waals surface area contributed by atoms with Gasteiger partial charge in [-0.25, -0.2) is 8.78 Å². The van der Waals surface area contributed by atoms with Crippen LogP contribution >= 0.6 is 0 Å². The van der Waals surface area contributed by atoms with Crippen molar-refractivity contribution in [3.63, 3.8) is 0 Å². The summed E-state index contributed by atoms with van der Waals surface area (Å²) in [6, 6.07) is 0. The van der Waals surface area contributed by atoms with Crippen LogP contribution in [-0.4, -0.2) is 25.0 Å². The van der Waals surface area contributed by atoms with Gasteiger partial charge in [0.1, 0.15) is 0 Å². The molecule has 0 spiro atoms. The van der Waals surface area contributed by atoms with Gasteiger partial charge < -0.3 is 14.6 Å². The molecule has 0 atom stereocenters. The minimum Gasteiger partial charge on any atom is -0.550 e. The Hall–Kier alpha value is 0.436. The van der Waals surface area contributed by atoms with Crippen molar-refractivity contribution in [2.24, 2.45) is 0 Å². The second kappa shape index (κ2) is 12.4. The summed E-state index contributed by atoms with van der Waals surface area (Å²) in [6.07, 6.45) is -2.56. The molecule has 0 amide bonds. The van der Waals surface area contributed by atoms with Crippen LogP contribution in [0.5, 0.6) is 0 Å². The summed E-state index contributed by atoms with van der Waals surface area (Å²) in [4.78, 5) is 18.7. The molecule has 0 bridgehead atoms. The van der Waals surface area contributed by atoms with E-state index in [2.05, 4.69) is 4.74 Å². The predicted molar refractivity (Wildman–Crippen MR) is 33.3 cm³/mol. The van der Waals surface area contributed by atoms with Gasteiger partial charge in [-0.2, -0.15) is 0 Å². The maximum absolute atomic E-state index is 11.1. The standard InChI is InChI=1S/C4H6F2O2.C2H4O2.K/c1-3(7)8-2-4(5)6;1-2(3)4;/h4H,2H2,1H3;1H3,(H,3,4);/q;;+1/p-1. The number of esters is 1. The van der Waals surface area contributed by atoms with Gasteiger partial charge in [0.25, 0.3) is 6.43 Å². The molecule has 0 saturated heterocycles. The maximum Gasteiger partial charge on any atom is 1.00 e. The molecule has 4 nitrogen and oxygen atoms in total. The van der Waals surface area contributed by atoms with Crippen molar-refractivity contribution in [2.75, 3.05) is 6.61 Å². The van der Waals surface area contributed by atoms with Gasteiger partial charge in [0.15, 0.2) is 6.61 Å². The molecule has 0 N–H and O–H groups in total. The molecular formula is C6H9F2KO4. The number of alkyl halides is 2. The number of carboxylic acid groups (broad SMARTS) is 1. The summed E-state index contributed by atoms with van der Waals surface area (Å²) >= 11 is 0. The Kier molecular flexibility index (Phi) is 18.3. The van der Waals surface area contributed by atoms with Gasteiger partial charge in [0, 0.05) is 12.9 Å². The number of ether oxygens (including phenoxy) is 1. The molecular weight excluding hydrogens is 213 g/mol. The number of carboxylic acids is 1. The number of carbonyl (C=O) groups excluding carboxylic acids is 2. The number of aliphatic carboxylic acids is 1. The third-order valence-electron chi connectivity index (χ3n) is 0.413. The molecule has 0 rings (SSSR count). The van der Waals surface area contributed by atoms with Crippen LogP contribution in [0.4, 0.5) is 8.78 Å². The third kappa shape index (κ3) is 45.8. The third-order valence-corrected chi connectivity index (χ3v) is 0.413. The molecule has 0 aliphatic rings. The van der Waals surface area contributed by atoms with E-state index in [0.717, 1.165) is 13.8 Å². The largest absolute Gasteiger partial charge is 1.00 e. The van der Waals surface area contributed by atoms with Crippen molar-refractivity contribution in [1.29, 1.82) is 0 Å². The van der Waals surface area contributed by atoms with Gasteiger partial charge >= 0.3 is 57.4 Å². The minimum absolute atomic E-state index is 0. The number of halogens is 2. The van der Waals surface area contributed by atoms with E-state index in [1.165, 1.54) is 0 Å². The molecule has 7 heteroatoms. The fraction of sp³-hybridized carbons (Fsp3) is 0.667. The van der Waals surface area contributed by atoms with Crippen LogP contribution in [0.3, 0.4) is 0 Å². The number of hydrogen-bond acceptors (Lipinski definition) is 4. The zero-order chi connectivity index (χ0) is 10.1. The van der Waals surface area contributed by atoms with Crippen molar-refractivity contribution in [3.8, 4) is 0 Å².